The smallest absolute Gasteiger partial charge is 0.0933 e. The molecule has 1 heterocycles. The third-order valence-corrected chi connectivity index (χ3v) is 2.89. The Morgan fingerprint density at radius 3 is 2.50 bits per heavy atom. The van der Waals surface area contributed by atoms with Gasteiger partial charge in [-0.25, -0.2) is 4.98 Å². The highest BCUT2D eigenvalue weighted by Crippen LogP contribution is 2.20. The summed E-state index contributed by atoms with van der Waals surface area (Å²) in [6.45, 7) is 8.81. The molecule has 12 heavy (non-hydrogen) atoms. The molecule has 0 spiro atoms. The first kappa shape index (κ1) is 9.72. The summed E-state index contributed by atoms with van der Waals surface area (Å²) in [6, 6.07) is 0. The average molecular weight is 183 g/mol. The maximum atomic E-state index is 4.59. The van der Waals surface area contributed by atoms with Gasteiger partial charge in [0.25, 0.3) is 0 Å². The summed E-state index contributed by atoms with van der Waals surface area (Å²) >= 11 is 1.86. The summed E-state index contributed by atoms with van der Waals surface area (Å²) in [5, 5.41) is 1.30. The Morgan fingerprint density at radius 2 is 2.08 bits per heavy atom. The molecule has 1 rings (SSSR count). The first-order valence-corrected chi connectivity index (χ1v) is 5.40. The van der Waals surface area contributed by atoms with Gasteiger partial charge in [0.15, 0.2) is 0 Å². The predicted octanol–water partition coefficient (Wildman–Crippen LogP) is 3.21. The predicted molar refractivity (Wildman–Crippen MR) is 54.8 cm³/mol. The normalized spacial score (nSPS) is 11.1. The standard InChI is InChI=1S/C10H17NS/c1-5-9-8(4)12-10(11-9)6-7(2)3/h7H,5-6H2,1-4H3. The number of hydrogen-bond donors (Lipinski definition) is 0. The van der Waals surface area contributed by atoms with Crippen LogP contribution in [0.15, 0.2) is 0 Å². The summed E-state index contributed by atoms with van der Waals surface area (Å²) < 4.78 is 0. The van der Waals surface area contributed by atoms with Crippen LogP contribution < -0.4 is 0 Å². The number of rotatable bonds is 3. The first-order valence-electron chi connectivity index (χ1n) is 4.58. The van der Waals surface area contributed by atoms with Gasteiger partial charge in [0, 0.05) is 11.3 Å². The van der Waals surface area contributed by atoms with E-state index in [-0.39, 0.29) is 0 Å². The van der Waals surface area contributed by atoms with Gasteiger partial charge in [0.05, 0.1) is 10.7 Å². The van der Waals surface area contributed by atoms with Gasteiger partial charge >= 0.3 is 0 Å². The second kappa shape index (κ2) is 4.04. The number of nitrogens with zero attached hydrogens (tertiary/aromatic N) is 1. The van der Waals surface area contributed by atoms with E-state index in [1.807, 2.05) is 11.3 Å². The Balaban J connectivity index is 2.75. The molecule has 0 aromatic carbocycles. The van der Waals surface area contributed by atoms with Gasteiger partial charge in [-0.15, -0.1) is 11.3 Å². The minimum atomic E-state index is 0.722. The number of aromatic nitrogens is 1. The molecular formula is C10H17NS. The Kier molecular flexibility index (Phi) is 3.27. The van der Waals surface area contributed by atoms with Crippen molar-refractivity contribution in [2.24, 2.45) is 5.92 Å². The lowest BCUT2D eigenvalue weighted by Gasteiger charge is -1.98. The van der Waals surface area contributed by atoms with Crippen LogP contribution in [0.2, 0.25) is 0 Å². The van der Waals surface area contributed by atoms with Crippen LogP contribution in [0.4, 0.5) is 0 Å². The number of hydrogen-bond acceptors (Lipinski definition) is 2. The molecule has 1 aromatic heterocycles. The van der Waals surface area contributed by atoms with E-state index in [0.717, 1.165) is 18.8 Å². The van der Waals surface area contributed by atoms with Gasteiger partial charge in [0.2, 0.25) is 0 Å². The van der Waals surface area contributed by atoms with Gasteiger partial charge in [0.1, 0.15) is 0 Å². The van der Waals surface area contributed by atoms with Crippen molar-refractivity contribution >= 4 is 11.3 Å². The lowest BCUT2D eigenvalue weighted by atomic mass is 10.1. The van der Waals surface area contributed by atoms with E-state index in [1.165, 1.54) is 15.6 Å². The Hall–Kier alpha value is -0.370. The molecule has 0 bridgehead atoms. The lowest BCUT2D eigenvalue weighted by molar-refractivity contribution is 0.643. The van der Waals surface area contributed by atoms with Crippen LogP contribution in [-0.4, -0.2) is 4.98 Å². The fourth-order valence-corrected chi connectivity index (χ4v) is 2.49. The molecule has 0 fully saturated rings. The van der Waals surface area contributed by atoms with E-state index in [2.05, 4.69) is 32.7 Å². The zero-order valence-electron chi connectivity index (χ0n) is 8.35. The highest BCUT2D eigenvalue weighted by Gasteiger charge is 2.06. The van der Waals surface area contributed by atoms with Gasteiger partial charge < -0.3 is 0 Å². The largest absolute Gasteiger partial charge is 0.246 e. The molecule has 0 saturated heterocycles. The molecule has 0 aliphatic rings. The van der Waals surface area contributed by atoms with Crippen molar-refractivity contribution < 1.29 is 0 Å². The molecule has 0 unspecified atom stereocenters. The van der Waals surface area contributed by atoms with Crippen LogP contribution in [0.25, 0.3) is 0 Å². The quantitative estimate of drug-likeness (QED) is 0.701. The number of thiazole rings is 1. The minimum absolute atomic E-state index is 0.722. The van der Waals surface area contributed by atoms with E-state index in [4.69, 9.17) is 0 Å². The fourth-order valence-electron chi connectivity index (χ4n) is 1.25. The fraction of sp³-hybridized carbons (Fsp3) is 0.700. The molecule has 0 amide bonds. The third kappa shape index (κ3) is 2.31. The van der Waals surface area contributed by atoms with Crippen molar-refractivity contribution in [1.29, 1.82) is 0 Å². The van der Waals surface area contributed by atoms with Crippen molar-refractivity contribution in [2.75, 3.05) is 0 Å². The maximum absolute atomic E-state index is 4.59. The van der Waals surface area contributed by atoms with Crippen molar-refractivity contribution in [2.45, 2.75) is 40.5 Å². The van der Waals surface area contributed by atoms with E-state index in [1.54, 1.807) is 0 Å². The Morgan fingerprint density at radius 1 is 1.42 bits per heavy atom. The number of aryl methyl sites for hydroxylation is 2. The molecule has 0 atom stereocenters. The van der Waals surface area contributed by atoms with Gasteiger partial charge in [-0.3, -0.25) is 0 Å². The Bertz CT molecular complexity index is 250. The maximum Gasteiger partial charge on any atom is 0.0933 e. The minimum Gasteiger partial charge on any atom is -0.246 e. The molecule has 0 radical (unpaired) electrons. The topological polar surface area (TPSA) is 12.9 Å². The van der Waals surface area contributed by atoms with Crippen molar-refractivity contribution in [3.63, 3.8) is 0 Å². The molecule has 2 heteroatoms. The summed E-state index contributed by atoms with van der Waals surface area (Å²) in [7, 11) is 0. The highest BCUT2D eigenvalue weighted by molar-refractivity contribution is 7.11. The Labute approximate surface area is 78.8 Å². The zero-order valence-corrected chi connectivity index (χ0v) is 9.16. The highest BCUT2D eigenvalue weighted by atomic mass is 32.1. The second-order valence-corrected chi connectivity index (χ2v) is 4.85. The van der Waals surface area contributed by atoms with Crippen LogP contribution >= 0.6 is 11.3 Å². The summed E-state index contributed by atoms with van der Waals surface area (Å²) in [6.07, 6.45) is 2.20. The molecule has 0 saturated carbocycles. The lowest BCUT2D eigenvalue weighted by Crippen LogP contribution is -1.93. The van der Waals surface area contributed by atoms with Gasteiger partial charge in [-0.05, 0) is 19.3 Å². The van der Waals surface area contributed by atoms with Crippen LogP contribution in [0.1, 0.15) is 36.3 Å². The van der Waals surface area contributed by atoms with Crippen LogP contribution in [-0.2, 0) is 12.8 Å². The third-order valence-electron chi connectivity index (χ3n) is 1.85. The molecule has 0 aliphatic heterocycles. The molecule has 68 valence electrons. The first-order chi connectivity index (χ1) is 5.63. The van der Waals surface area contributed by atoms with Crippen molar-refractivity contribution in [3.8, 4) is 0 Å². The van der Waals surface area contributed by atoms with Crippen LogP contribution in [0, 0.1) is 12.8 Å². The summed E-state index contributed by atoms with van der Waals surface area (Å²) in [5.41, 5.74) is 1.29. The van der Waals surface area contributed by atoms with Crippen molar-refractivity contribution in [3.05, 3.63) is 15.6 Å². The molecule has 1 nitrogen and oxygen atoms in total. The van der Waals surface area contributed by atoms with E-state index >= 15 is 0 Å². The molecule has 0 aliphatic carbocycles. The van der Waals surface area contributed by atoms with E-state index in [0.29, 0.717) is 0 Å². The molecular weight excluding hydrogens is 166 g/mol. The van der Waals surface area contributed by atoms with Gasteiger partial charge in [-0.1, -0.05) is 20.8 Å². The second-order valence-electron chi connectivity index (χ2n) is 3.56. The van der Waals surface area contributed by atoms with E-state index in [9.17, 15) is 0 Å². The molecule has 0 N–H and O–H groups in total. The van der Waals surface area contributed by atoms with Crippen LogP contribution in [0.5, 0.6) is 0 Å². The van der Waals surface area contributed by atoms with Crippen molar-refractivity contribution in [1.82, 2.24) is 4.98 Å². The SMILES string of the molecule is CCc1nc(CC(C)C)sc1C. The average Bonchev–Trinajstić information content (AvgIpc) is 2.29. The van der Waals surface area contributed by atoms with Crippen LogP contribution in [0.3, 0.4) is 0 Å². The monoisotopic (exact) mass is 183 g/mol. The van der Waals surface area contributed by atoms with E-state index < -0.39 is 0 Å². The summed E-state index contributed by atoms with van der Waals surface area (Å²) in [4.78, 5) is 5.98. The van der Waals surface area contributed by atoms with Gasteiger partial charge in [-0.2, -0.15) is 0 Å². The molecule has 1 aromatic rings. The zero-order chi connectivity index (χ0) is 9.14. The summed E-state index contributed by atoms with van der Waals surface area (Å²) in [5.74, 6) is 0.722.